The van der Waals surface area contributed by atoms with Gasteiger partial charge in [-0.15, -0.1) is 0 Å². The number of anilines is 1. The van der Waals surface area contributed by atoms with Crippen LogP contribution in [0.3, 0.4) is 0 Å². The molecule has 2 nitrogen and oxygen atoms in total. The van der Waals surface area contributed by atoms with Crippen molar-refractivity contribution >= 4 is 29.1 Å². The lowest BCUT2D eigenvalue weighted by Gasteiger charge is -2.31. The van der Waals surface area contributed by atoms with E-state index >= 15 is 0 Å². The summed E-state index contributed by atoms with van der Waals surface area (Å²) >= 11 is 8.43. The Bertz CT molecular complexity index is 403. The summed E-state index contributed by atoms with van der Waals surface area (Å²) in [6, 6.07) is 6.26. The molecule has 1 aliphatic heterocycles. The highest BCUT2D eigenvalue weighted by atomic mass is 35.5. The highest BCUT2D eigenvalue weighted by Crippen LogP contribution is 2.29. The van der Waals surface area contributed by atoms with Crippen LogP contribution < -0.4 is 10.2 Å². The Kier molecular flexibility index (Phi) is 5.86. The molecule has 1 fully saturated rings. The molecule has 0 aliphatic carbocycles. The second-order valence-electron chi connectivity index (χ2n) is 5.36. The Morgan fingerprint density at radius 2 is 2.05 bits per heavy atom. The highest BCUT2D eigenvalue weighted by molar-refractivity contribution is 7.99. The number of nitrogens with zero attached hydrogens (tertiary/aromatic N) is 1. The number of hydrogen-bond donors (Lipinski definition) is 1. The standard InChI is InChI=1S/C15H23ClN2S/c1-12(2)10-17-11-13-14(16)4-3-5-15(13)18-6-8-19-9-7-18/h3-5,12,17H,6-11H2,1-2H3. The van der Waals surface area contributed by atoms with Gasteiger partial charge in [-0.05, 0) is 24.6 Å². The van der Waals surface area contributed by atoms with Crippen molar-refractivity contribution in [3.63, 3.8) is 0 Å². The molecular weight excluding hydrogens is 276 g/mol. The number of halogens is 1. The van der Waals surface area contributed by atoms with E-state index in [9.17, 15) is 0 Å². The average molecular weight is 299 g/mol. The first kappa shape index (κ1) is 15.0. The first-order valence-corrected chi connectivity index (χ1v) is 8.52. The van der Waals surface area contributed by atoms with E-state index in [0.29, 0.717) is 5.92 Å². The summed E-state index contributed by atoms with van der Waals surface area (Å²) in [5, 5.41) is 4.39. The minimum Gasteiger partial charge on any atom is -0.370 e. The summed E-state index contributed by atoms with van der Waals surface area (Å²) in [7, 11) is 0. The van der Waals surface area contributed by atoms with Crippen LogP contribution in [0.25, 0.3) is 0 Å². The Morgan fingerprint density at radius 1 is 1.32 bits per heavy atom. The van der Waals surface area contributed by atoms with E-state index in [1.807, 2.05) is 17.8 Å². The fraction of sp³-hybridized carbons (Fsp3) is 0.600. The van der Waals surface area contributed by atoms with Crippen LogP contribution in [0.1, 0.15) is 19.4 Å². The summed E-state index contributed by atoms with van der Waals surface area (Å²) in [6.45, 7) is 8.59. The monoisotopic (exact) mass is 298 g/mol. The van der Waals surface area contributed by atoms with Crippen molar-refractivity contribution < 1.29 is 0 Å². The zero-order valence-corrected chi connectivity index (χ0v) is 13.4. The maximum Gasteiger partial charge on any atom is 0.0471 e. The minimum atomic E-state index is 0.664. The van der Waals surface area contributed by atoms with Crippen molar-refractivity contribution in [1.29, 1.82) is 0 Å². The van der Waals surface area contributed by atoms with E-state index in [1.165, 1.54) is 22.8 Å². The van der Waals surface area contributed by atoms with Gasteiger partial charge >= 0.3 is 0 Å². The number of thioether (sulfide) groups is 1. The van der Waals surface area contributed by atoms with E-state index in [0.717, 1.165) is 31.2 Å². The largest absolute Gasteiger partial charge is 0.370 e. The van der Waals surface area contributed by atoms with Crippen LogP contribution in [0.15, 0.2) is 18.2 Å². The number of nitrogens with one attached hydrogen (secondary N) is 1. The molecule has 0 radical (unpaired) electrons. The van der Waals surface area contributed by atoms with Crippen molar-refractivity contribution in [3.05, 3.63) is 28.8 Å². The van der Waals surface area contributed by atoms with Gasteiger partial charge in [0.2, 0.25) is 0 Å². The lowest BCUT2D eigenvalue weighted by Crippen LogP contribution is -2.33. The molecule has 0 aromatic heterocycles. The van der Waals surface area contributed by atoms with Gasteiger partial charge in [0.15, 0.2) is 0 Å². The molecule has 0 unspecified atom stereocenters. The van der Waals surface area contributed by atoms with Crippen molar-refractivity contribution in [3.8, 4) is 0 Å². The number of rotatable bonds is 5. The Balaban J connectivity index is 2.10. The van der Waals surface area contributed by atoms with Crippen LogP contribution in [0.2, 0.25) is 5.02 Å². The molecule has 1 aromatic carbocycles. The molecule has 2 rings (SSSR count). The van der Waals surface area contributed by atoms with Gasteiger partial charge in [0.05, 0.1) is 0 Å². The van der Waals surface area contributed by atoms with Crippen molar-refractivity contribution in [2.45, 2.75) is 20.4 Å². The van der Waals surface area contributed by atoms with Crippen LogP contribution in [0.4, 0.5) is 5.69 Å². The molecule has 1 saturated heterocycles. The first-order chi connectivity index (χ1) is 9.18. The minimum absolute atomic E-state index is 0.664. The van der Waals surface area contributed by atoms with Gasteiger partial charge < -0.3 is 10.2 Å². The second-order valence-corrected chi connectivity index (χ2v) is 6.99. The van der Waals surface area contributed by atoms with Gasteiger partial charge in [0, 0.05) is 47.4 Å². The predicted octanol–water partition coefficient (Wildman–Crippen LogP) is 3.64. The summed E-state index contributed by atoms with van der Waals surface area (Å²) in [5.41, 5.74) is 2.56. The summed E-state index contributed by atoms with van der Waals surface area (Å²) in [5.74, 6) is 3.09. The fourth-order valence-electron chi connectivity index (χ4n) is 2.31. The van der Waals surface area contributed by atoms with E-state index in [2.05, 4.69) is 36.2 Å². The molecule has 0 spiro atoms. The normalized spacial score (nSPS) is 16.1. The molecule has 1 N–H and O–H groups in total. The first-order valence-electron chi connectivity index (χ1n) is 6.99. The van der Waals surface area contributed by atoms with E-state index < -0.39 is 0 Å². The van der Waals surface area contributed by atoms with Crippen molar-refractivity contribution in [2.75, 3.05) is 36.0 Å². The summed E-state index contributed by atoms with van der Waals surface area (Å²) in [6.07, 6.45) is 0. The molecule has 0 amide bonds. The van der Waals surface area contributed by atoms with Crippen molar-refractivity contribution in [1.82, 2.24) is 5.32 Å². The van der Waals surface area contributed by atoms with Crippen LogP contribution in [-0.4, -0.2) is 31.1 Å². The van der Waals surface area contributed by atoms with Crippen LogP contribution in [0.5, 0.6) is 0 Å². The van der Waals surface area contributed by atoms with E-state index in [4.69, 9.17) is 11.6 Å². The molecular formula is C15H23ClN2S. The molecule has 4 heteroatoms. The van der Waals surface area contributed by atoms with Crippen LogP contribution in [0, 0.1) is 5.92 Å². The molecule has 0 saturated carbocycles. The molecule has 19 heavy (non-hydrogen) atoms. The third kappa shape index (κ3) is 4.30. The smallest absolute Gasteiger partial charge is 0.0471 e. The third-order valence-corrected chi connectivity index (χ3v) is 4.60. The van der Waals surface area contributed by atoms with Crippen LogP contribution in [-0.2, 0) is 6.54 Å². The van der Waals surface area contributed by atoms with E-state index in [-0.39, 0.29) is 0 Å². The maximum absolute atomic E-state index is 6.39. The topological polar surface area (TPSA) is 15.3 Å². The highest BCUT2D eigenvalue weighted by Gasteiger charge is 2.16. The van der Waals surface area contributed by atoms with Crippen molar-refractivity contribution in [2.24, 2.45) is 5.92 Å². The van der Waals surface area contributed by atoms with Gasteiger partial charge in [-0.25, -0.2) is 0 Å². The van der Waals surface area contributed by atoms with Gasteiger partial charge in [0.25, 0.3) is 0 Å². The number of hydrogen-bond acceptors (Lipinski definition) is 3. The summed E-state index contributed by atoms with van der Waals surface area (Å²) in [4.78, 5) is 2.47. The number of benzene rings is 1. The zero-order valence-electron chi connectivity index (χ0n) is 11.8. The summed E-state index contributed by atoms with van der Waals surface area (Å²) < 4.78 is 0. The molecule has 0 bridgehead atoms. The lowest BCUT2D eigenvalue weighted by atomic mass is 10.1. The van der Waals surface area contributed by atoms with Crippen LogP contribution >= 0.6 is 23.4 Å². The molecule has 106 valence electrons. The van der Waals surface area contributed by atoms with Gasteiger partial charge in [-0.3, -0.25) is 0 Å². The second kappa shape index (κ2) is 7.41. The maximum atomic E-state index is 6.39. The quantitative estimate of drug-likeness (QED) is 0.893. The van der Waals surface area contributed by atoms with Gasteiger partial charge in [-0.1, -0.05) is 31.5 Å². The SMILES string of the molecule is CC(C)CNCc1c(Cl)cccc1N1CCSCC1. The Labute approximate surface area is 125 Å². The fourth-order valence-corrected chi connectivity index (χ4v) is 3.45. The molecule has 1 heterocycles. The Hall–Kier alpha value is -0.380. The molecule has 0 atom stereocenters. The predicted molar refractivity (Wildman–Crippen MR) is 87.5 cm³/mol. The third-order valence-electron chi connectivity index (χ3n) is 3.30. The average Bonchev–Trinajstić information content (AvgIpc) is 2.41. The van der Waals surface area contributed by atoms with Gasteiger partial charge in [0.1, 0.15) is 0 Å². The van der Waals surface area contributed by atoms with E-state index in [1.54, 1.807) is 0 Å². The lowest BCUT2D eigenvalue weighted by molar-refractivity contribution is 0.552. The Morgan fingerprint density at radius 3 is 2.74 bits per heavy atom. The zero-order chi connectivity index (χ0) is 13.7. The molecule has 1 aliphatic rings. The van der Waals surface area contributed by atoms with Gasteiger partial charge in [-0.2, -0.15) is 11.8 Å². The molecule has 1 aromatic rings.